The highest BCUT2D eigenvalue weighted by atomic mass is 16.2. The van der Waals surface area contributed by atoms with Gasteiger partial charge in [-0.2, -0.15) is 0 Å². The monoisotopic (exact) mass is 323 g/mol. The first-order valence-corrected chi connectivity index (χ1v) is 6.74. The number of carbonyl (C=O) groups excluding carboxylic acids is 1. The number of H-pyrrole nitrogens is 1. The maximum Gasteiger partial charge on any atom is 0.302 e. The molecule has 2 aromatic heterocycles. The number of piperidine rings is 1. The van der Waals surface area contributed by atoms with Gasteiger partial charge in [0.15, 0.2) is 0 Å². The largest absolute Gasteiger partial charge is 0.354 e. The number of aromatic amines is 1. The van der Waals surface area contributed by atoms with Gasteiger partial charge in [-0.25, -0.2) is 16.5 Å². The summed E-state index contributed by atoms with van der Waals surface area (Å²) in [5.74, 6) is -3.62. The number of likely N-dealkylation sites (N-methyl/N-ethyl adjacent to an activating group) is 1. The van der Waals surface area contributed by atoms with Crippen LogP contribution in [0.1, 0.15) is 28.4 Å². The average molecular weight is 323 g/mol. The van der Waals surface area contributed by atoms with Crippen LogP contribution in [-0.2, 0) is 4.79 Å². The number of likely N-dealkylation sites (tertiary alicyclic amines) is 1. The maximum atomic E-state index is 12.7. The molecule has 0 saturated carbocycles. The van der Waals surface area contributed by atoms with Gasteiger partial charge in [0.2, 0.25) is 0 Å². The Hall–Kier alpha value is -2.62. The first kappa shape index (κ1) is 6.87. The highest BCUT2D eigenvalue weighted by Gasteiger charge is 2.33. The highest BCUT2D eigenvalue weighted by Crippen LogP contribution is 2.28. The summed E-state index contributed by atoms with van der Waals surface area (Å²) in [4.78, 5) is 26.5. The fourth-order valence-electron chi connectivity index (χ4n) is 2.38. The number of carbonyl (C=O) groups is 1. The van der Waals surface area contributed by atoms with Gasteiger partial charge in [0.25, 0.3) is 6.50 Å². The predicted octanol–water partition coefficient (Wildman–Crippen LogP) is 1.55. The molecule has 0 spiro atoms. The van der Waals surface area contributed by atoms with Crippen LogP contribution in [0.2, 0.25) is 0 Å². The van der Waals surface area contributed by atoms with Crippen LogP contribution in [0.25, 0.3) is 15.9 Å². The predicted molar refractivity (Wildman–Crippen MR) is 87.9 cm³/mol. The van der Waals surface area contributed by atoms with E-state index in [1.165, 1.54) is 12.3 Å². The van der Waals surface area contributed by atoms with Gasteiger partial charge in [-0.05, 0) is 18.4 Å². The van der Waals surface area contributed by atoms with Crippen molar-refractivity contribution in [2.75, 3.05) is 31.4 Å². The Morgan fingerprint density at radius 1 is 1.78 bits per heavy atom. The van der Waals surface area contributed by atoms with E-state index in [1.807, 2.05) is 0 Å². The van der Waals surface area contributed by atoms with Crippen LogP contribution in [0.15, 0.2) is 18.6 Å². The lowest BCUT2D eigenvalue weighted by Crippen LogP contribution is -2.53. The fraction of sp³-hybridized carbons (Fsp3) is 0.500. The van der Waals surface area contributed by atoms with Gasteiger partial charge < -0.3 is 19.6 Å². The Morgan fingerprint density at radius 3 is 3.48 bits per heavy atom. The summed E-state index contributed by atoms with van der Waals surface area (Å²) in [6, 6.07) is -0.689. The van der Waals surface area contributed by atoms with Gasteiger partial charge in [-0.1, -0.05) is 6.85 Å². The highest BCUT2D eigenvalue weighted by molar-refractivity contribution is 5.87. The second kappa shape index (κ2) is 6.24. The molecule has 0 bridgehead atoms. The molecule has 7 heteroatoms. The van der Waals surface area contributed by atoms with E-state index in [1.54, 1.807) is 0 Å². The van der Waals surface area contributed by atoms with Crippen LogP contribution in [0.5, 0.6) is 0 Å². The van der Waals surface area contributed by atoms with Crippen molar-refractivity contribution in [3.8, 4) is 0 Å². The van der Waals surface area contributed by atoms with E-state index in [0.29, 0.717) is 9.80 Å². The van der Waals surface area contributed by atoms with Crippen molar-refractivity contribution in [2.45, 2.75) is 19.3 Å². The third-order valence-electron chi connectivity index (χ3n) is 3.52. The first-order valence-electron chi connectivity index (χ1n) is 12.2. The Labute approximate surface area is 150 Å². The third kappa shape index (κ3) is 2.84. The lowest BCUT2D eigenvalue weighted by Gasteiger charge is -2.41. The van der Waals surface area contributed by atoms with Crippen LogP contribution < -0.4 is 4.90 Å². The molecule has 3 rings (SSSR count). The molecule has 1 N–H and O–H groups in total. The van der Waals surface area contributed by atoms with E-state index in [0.717, 1.165) is 0 Å². The maximum absolute atomic E-state index is 12.7. The van der Waals surface area contributed by atoms with Crippen LogP contribution in [-0.4, -0.2) is 58.3 Å². The number of hydrogen-bond donors (Lipinski definition) is 1. The second-order valence-electron chi connectivity index (χ2n) is 4.91. The van der Waals surface area contributed by atoms with Crippen molar-refractivity contribution in [1.82, 2.24) is 19.9 Å². The minimum Gasteiger partial charge on any atom is -0.354 e. The molecule has 1 fully saturated rings. The quantitative estimate of drug-likeness (QED) is 0.870. The van der Waals surface area contributed by atoms with Gasteiger partial charge in [0, 0.05) is 34.4 Å². The van der Waals surface area contributed by atoms with Crippen molar-refractivity contribution >= 4 is 22.8 Å². The molecule has 2 atom stereocenters. The summed E-state index contributed by atoms with van der Waals surface area (Å²) in [5, 5.41) is 0.0761. The van der Waals surface area contributed by atoms with Gasteiger partial charge >= 0.3 is 5.91 Å². The second-order valence-corrected chi connectivity index (χ2v) is 4.91. The summed E-state index contributed by atoms with van der Waals surface area (Å²) in [6.45, 7) is -5.89. The Kier molecular flexibility index (Phi) is 1.87. The number of hydrogen-bond acceptors (Lipinski definition) is 4. The third-order valence-corrected chi connectivity index (χ3v) is 3.52. The van der Waals surface area contributed by atoms with Crippen LogP contribution in [0.3, 0.4) is 0 Å². The standard InChI is InChI=1S/C16H20N6O/c1-11-5-7-22(14(23)8-17-2)9-13(11)21(3)16-12-4-6-18-15(12)19-10-20-16/h4,6,10-11,13H,5,7-9H2,1,3H3,(H,18,19,20)/t11-,13+/m1/s1/i1D3,3D3,8D2,9D2,10D. The van der Waals surface area contributed by atoms with Gasteiger partial charge in [-0.3, -0.25) is 4.79 Å². The normalized spacial score (nSPS) is 32.1. The molecule has 2 aromatic rings. The van der Waals surface area contributed by atoms with Crippen LogP contribution in [0.4, 0.5) is 5.82 Å². The molecular formula is C16H20N6O. The Bertz CT molecular complexity index is 1140. The molecule has 0 radical (unpaired) electrons. The zero-order valence-electron chi connectivity index (χ0n) is 22.9. The van der Waals surface area contributed by atoms with E-state index in [9.17, 15) is 4.79 Å². The summed E-state index contributed by atoms with van der Waals surface area (Å²) in [7, 11) is 0. The minimum absolute atomic E-state index is 0.0586. The molecule has 1 amide bonds. The summed E-state index contributed by atoms with van der Waals surface area (Å²) >= 11 is 0. The van der Waals surface area contributed by atoms with Crippen molar-refractivity contribution in [2.24, 2.45) is 5.92 Å². The first-order chi connectivity index (χ1) is 15.4. The molecule has 120 valence electrons. The molecule has 1 aliphatic heterocycles. The molecule has 0 aromatic carbocycles. The molecule has 0 aliphatic carbocycles. The van der Waals surface area contributed by atoms with Crippen LogP contribution >= 0.6 is 0 Å². The fourth-order valence-corrected chi connectivity index (χ4v) is 2.38. The van der Waals surface area contributed by atoms with Gasteiger partial charge in [-0.15, -0.1) is 0 Å². The number of nitrogens with one attached hydrogen (secondary N) is 1. The number of rotatable bonds is 3. The lowest BCUT2D eigenvalue weighted by atomic mass is 9.92. The van der Waals surface area contributed by atoms with Crippen molar-refractivity contribution in [1.29, 1.82) is 0 Å². The summed E-state index contributed by atoms with van der Waals surface area (Å²) in [6.07, 6.45) is 0.372. The number of aromatic nitrogens is 3. The molecule has 1 aliphatic rings. The van der Waals surface area contributed by atoms with Crippen molar-refractivity contribution in [3.63, 3.8) is 0 Å². The van der Waals surface area contributed by atoms with Gasteiger partial charge in [0.1, 0.15) is 21.9 Å². The van der Waals surface area contributed by atoms with Crippen molar-refractivity contribution in [3.05, 3.63) is 30.0 Å². The topological polar surface area (TPSA) is 69.5 Å². The van der Waals surface area contributed by atoms with Gasteiger partial charge in [0.05, 0.1) is 14.2 Å². The SMILES string of the molecule is [2H]c1nc(N([C@@H]2[C@H](C([2H])([2H])[2H])CCN(C(=O)C([2H])([2H])[N+]#[C-])C2([2H])[2H])C([2H])([2H])[2H])c2cc[nH]c2n1. The molecular weight excluding hydrogens is 292 g/mol. The average Bonchev–Trinajstić information content (AvgIpc) is 3.15. The van der Waals surface area contributed by atoms with Crippen molar-refractivity contribution < 1.29 is 19.9 Å². The lowest BCUT2D eigenvalue weighted by molar-refractivity contribution is -0.130. The van der Waals surface area contributed by atoms with Crippen LogP contribution in [0, 0.1) is 12.5 Å². The number of nitrogens with zero attached hydrogens (tertiary/aromatic N) is 5. The summed E-state index contributed by atoms with van der Waals surface area (Å²) < 4.78 is 88.7. The van der Waals surface area contributed by atoms with E-state index in [-0.39, 0.29) is 11.0 Å². The van der Waals surface area contributed by atoms with E-state index >= 15 is 0 Å². The van der Waals surface area contributed by atoms with E-state index in [2.05, 4.69) is 19.8 Å². The molecule has 1 saturated heterocycles. The zero-order valence-corrected chi connectivity index (χ0v) is 11.9. The zero-order chi connectivity index (χ0) is 25.9. The molecule has 23 heavy (non-hydrogen) atoms. The van der Waals surface area contributed by atoms with E-state index in [4.69, 9.17) is 21.7 Å². The molecule has 7 nitrogen and oxygen atoms in total. The molecule has 0 unspecified atom stereocenters. The number of amides is 1. The Morgan fingerprint density at radius 2 is 2.70 bits per heavy atom. The number of anilines is 1. The number of fused-ring (bicyclic) bond motifs is 1. The van der Waals surface area contributed by atoms with E-state index < -0.39 is 69.8 Å². The molecule has 3 heterocycles. The summed E-state index contributed by atoms with van der Waals surface area (Å²) in [5.41, 5.74) is 0.0586. The minimum atomic E-state index is -3.20. The smallest absolute Gasteiger partial charge is 0.302 e. The Balaban J connectivity index is 2.30.